The molecule has 0 saturated heterocycles. The van der Waals surface area contributed by atoms with E-state index in [-0.39, 0.29) is 22.9 Å². The fraction of sp³-hybridized carbons (Fsp3) is 0.222. The highest BCUT2D eigenvalue weighted by molar-refractivity contribution is 6.31. The molecule has 1 aromatic heterocycles. The average Bonchev–Trinajstić information content (AvgIpc) is 2.98. The van der Waals surface area contributed by atoms with Crippen LogP contribution in [0.3, 0.4) is 0 Å². The molecule has 1 amide bonds. The van der Waals surface area contributed by atoms with E-state index in [1.54, 1.807) is 6.07 Å². The van der Waals surface area contributed by atoms with E-state index in [0.717, 1.165) is 29.7 Å². The Hall–Kier alpha value is -2.40. The van der Waals surface area contributed by atoms with Gasteiger partial charge in [0.25, 0.3) is 0 Å². The molecule has 0 aliphatic carbocycles. The maximum atomic E-state index is 13.6. The van der Waals surface area contributed by atoms with Crippen molar-refractivity contribution in [3.8, 4) is 0 Å². The van der Waals surface area contributed by atoms with Gasteiger partial charge in [0, 0.05) is 23.6 Å². The van der Waals surface area contributed by atoms with Crippen molar-refractivity contribution in [1.29, 1.82) is 0 Å². The lowest BCUT2D eigenvalue weighted by atomic mass is 10.1. The Bertz CT molecular complexity index is 809. The molecule has 0 atom stereocenters. The lowest BCUT2D eigenvalue weighted by molar-refractivity contribution is -0.120. The van der Waals surface area contributed by atoms with Gasteiger partial charge in [-0.1, -0.05) is 29.8 Å². The van der Waals surface area contributed by atoms with E-state index < -0.39 is 5.82 Å². The number of benzene rings is 2. The SMILES string of the molecule is O=C(Cc1c(F)cccc1Cl)NCCCc1nc2ccccc2[nH]1. The standard InChI is InChI=1S/C18H17ClFN3O/c19-13-5-3-6-14(20)12(13)11-18(24)21-10-4-9-17-22-15-7-1-2-8-16(15)23-17/h1-3,5-8H,4,9-11H2,(H,21,24)(H,22,23). The van der Waals surface area contributed by atoms with Gasteiger partial charge >= 0.3 is 0 Å². The van der Waals surface area contributed by atoms with Crippen molar-refractivity contribution >= 4 is 28.5 Å². The van der Waals surface area contributed by atoms with E-state index in [9.17, 15) is 9.18 Å². The number of nitrogens with zero attached hydrogens (tertiary/aromatic N) is 1. The van der Waals surface area contributed by atoms with Gasteiger partial charge in [-0.05, 0) is 30.7 Å². The van der Waals surface area contributed by atoms with Gasteiger partial charge in [-0.2, -0.15) is 0 Å². The number of nitrogens with one attached hydrogen (secondary N) is 2. The van der Waals surface area contributed by atoms with Crippen LogP contribution >= 0.6 is 11.6 Å². The number of carbonyl (C=O) groups is 1. The highest BCUT2D eigenvalue weighted by Crippen LogP contribution is 2.19. The molecule has 4 nitrogen and oxygen atoms in total. The first kappa shape index (κ1) is 16.5. The van der Waals surface area contributed by atoms with Gasteiger partial charge in [0.1, 0.15) is 11.6 Å². The molecule has 24 heavy (non-hydrogen) atoms. The van der Waals surface area contributed by atoms with Crippen LogP contribution < -0.4 is 5.32 Å². The number of amides is 1. The molecule has 124 valence electrons. The van der Waals surface area contributed by atoms with E-state index in [1.165, 1.54) is 12.1 Å². The summed E-state index contributed by atoms with van der Waals surface area (Å²) in [5, 5.41) is 3.05. The molecule has 0 unspecified atom stereocenters. The molecule has 0 radical (unpaired) electrons. The number of aromatic amines is 1. The molecule has 0 aliphatic heterocycles. The van der Waals surface area contributed by atoms with Crippen molar-refractivity contribution in [2.24, 2.45) is 0 Å². The summed E-state index contributed by atoms with van der Waals surface area (Å²) in [6, 6.07) is 12.2. The van der Waals surface area contributed by atoms with Crippen molar-refractivity contribution < 1.29 is 9.18 Å². The summed E-state index contributed by atoms with van der Waals surface area (Å²) in [6.45, 7) is 0.502. The average molecular weight is 346 g/mol. The summed E-state index contributed by atoms with van der Waals surface area (Å²) in [5.74, 6) is 0.189. The van der Waals surface area contributed by atoms with E-state index in [1.807, 2.05) is 24.3 Å². The van der Waals surface area contributed by atoms with Crippen molar-refractivity contribution in [2.75, 3.05) is 6.54 Å². The lowest BCUT2D eigenvalue weighted by Crippen LogP contribution is -2.27. The Balaban J connectivity index is 1.47. The summed E-state index contributed by atoms with van der Waals surface area (Å²) < 4.78 is 13.6. The van der Waals surface area contributed by atoms with Crippen LogP contribution in [-0.2, 0) is 17.6 Å². The summed E-state index contributed by atoms with van der Waals surface area (Å²) >= 11 is 5.92. The number of hydrogen-bond acceptors (Lipinski definition) is 2. The number of halogens is 2. The zero-order chi connectivity index (χ0) is 16.9. The van der Waals surface area contributed by atoms with Crippen LogP contribution in [0, 0.1) is 5.82 Å². The first-order valence-corrected chi connectivity index (χ1v) is 8.14. The van der Waals surface area contributed by atoms with Gasteiger partial charge in [-0.15, -0.1) is 0 Å². The third kappa shape index (κ3) is 3.92. The molecule has 3 rings (SSSR count). The van der Waals surface area contributed by atoms with Gasteiger partial charge in [0.05, 0.1) is 17.5 Å². The normalized spacial score (nSPS) is 10.9. The molecule has 0 spiro atoms. The fourth-order valence-electron chi connectivity index (χ4n) is 2.53. The summed E-state index contributed by atoms with van der Waals surface area (Å²) in [7, 11) is 0. The maximum absolute atomic E-state index is 13.6. The number of hydrogen-bond donors (Lipinski definition) is 2. The first-order chi connectivity index (χ1) is 11.6. The van der Waals surface area contributed by atoms with Crippen LogP contribution in [0.25, 0.3) is 11.0 Å². The summed E-state index contributed by atoms with van der Waals surface area (Å²) in [5.41, 5.74) is 2.17. The highest BCUT2D eigenvalue weighted by atomic mass is 35.5. The Morgan fingerprint density at radius 3 is 2.83 bits per heavy atom. The monoisotopic (exact) mass is 345 g/mol. The second-order valence-electron chi connectivity index (χ2n) is 5.53. The zero-order valence-corrected chi connectivity index (χ0v) is 13.7. The number of fused-ring (bicyclic) bond motifs is 1. The third-order valence-electron chi connectivity index (χ3n) is 3.75. The van der Waals surface area contributed by atoms with Gasteiger partial charge in [-0.3, -0.25) is 4.79 Å². The molecule has 0 bridgehead atoms. The molecule has 2 aromatic carbocycles. The molecule has 2 N–H and O–H groups in total. The smallest absolute Gasteiger partial charge is 0.224 e. The number of aromatic nitrogens is 2. The number of carbonyl (C=O) groups excluding carboxylic acids is 1. The maximum Gasteiger partial charge on any atom is 0.224 e. The predicted molar refractivity (Wildman–Crippen MR) is 92.5 cm³/mol. The number of rotatable bonds is 6. The van der Waals surface area contributed by atoms with Crippen LogP contribution in [-0.4, -0.2) is 22.4 Å². The minimum absolute atomic E-state index is 0.0594. The molecule has 0 saturated carbocycles. The summed E-state index contributed by atoms with van der Waals surface area (Å²) in [4.78, 5) is 19.6. The van der Waals surface area contributed by atoms with Gasteiger partial charge in [-0.25, -0.2) is 9.37 Å². The molecule has 6 heteroatoms. The van der Waals surface area contributed by atoms with Crippen LogP contribution in [0.2, 0.25) is 5.02 Å². The van der Waals surface area contributed by atoms with Gasteiger partial charge in [0.2, 0.25) is 5.91 Å². The minimum Gasteiger partial charge on any atom is -0.356 e. The van der Waals surface area contributed by atoms with Crippen molar-refractivity contribution in [1.82, 2.24) is 15.3 Å². The van der Waals surface area contributed by atoms with Gasteiger partial charge < -0.3 is 10.3 Å². The Kier molecular flexibility index (Phi) is 5.11. The van der Waals surface area contributed by atoms with Crippen molar-refractivity contribution in [3.05, 3.63) is 64.7 Å². The minimum atomic E-state index is -0.458. The first-order valence-electron chi connectivity index (χ1n) is 7.76. The van der Waals surface area contributed by atoms with Crippen molar-refractivity contribution in [2.45, 2.75) is 19.3 Å². The quantitative estimate of drug-likeness (QED) is 0.670. The summed E-state index contributed by atoms with van der Waals surface area (Å²) in [6.07, 6.45) is 1.42. The van der Waals surface area contributed by atoms with Crippen LogP contribution in [0.15, 0.2) is 42.5 Å². The Morgan fingerprint density at radius 1 is 1.21 bits per heavy atom. The predicted octanol–water partition coefficient (Wildman–Crippen LogP) is 3.65. The largest absolute Gasteiger partial charge is 0.356 e. The number of aryl methyl sites for hydroxylation is 1. The molecular weight excluding hydrogens is 329 g/mol. The molecule has 0 aliphatic rings. The van der Waals surface area contributed by atoms with Crippen LogP contribution in [0.5, 0.6) is 0 Å². The topological polar surface area (TPSA) is 57.8 Å². The van der Waals surface area contributed by atoms with E-state index in [4.69, 9.17) is 11.6 Å². The van der Waals surface area contributed by atoms with E-state index in [0.29, 0.717) is 6.54 Å². The second-order valence-corrected chi connectivity index (χ2v) is 5.94. The lowest BCUT2D eigenvalue weighted by Gasteiger charge is -2.07. The molecular formula is C18H17ClFN3O. The molecule has 0 fully saturated rings. The van der Waals surface area contributed by atoms with Crippen LogP contribution in [0.4, 0.5) is 4.39 Å². The Morgan fingerprint density at radius 2 is 2.04 bits per heavy atom. The van der Waals surface area contributed by atoms with E-state index >= 15 is 0 Å². The molecule has 3 aromatic rings. The zero-order valence-electron chi connectivity index (χ0n) is 13.0. The third-order valence-corrected chi connectivity index (χ3v) is 4.10. The van der Waals surface area contributed by atoms with Crippen LogP contribution in [0.1, 0.15) is 17.8 Å². The second kappa shape index (κ2) is 7.45. The number of para-hydroxylation sites is 2. The van der Waals surface area contributed by atoms with E-state index in [2.05, 4.69) is 15.3 Å². The fourth-order valence-corrected chi connectivity index (χ4v) is 2.76. The number of imidazole rings is 1. The molecule has 1 heterocycles. The highest BCUT2D eigenvalue weighted by Gasteiger charge is 2.11. The van der Waals surface area contributed by atoms with Crippen molar-refractivity contribution in [3.63, 3.8) is 0 Å². The van der Waals surface area contributed by atoms with Gasteiger partial charge in [0.15, 0.2) is 0 Å². The Labute approximate surface area is 144 Å². The number of H-pyrrole nitrogens is 1.